The molecule has 1 saturated heterocycles. The van der Waals surface area contributed by atoms with Gasteiger partial charge in [-0.25, -0.2) is 0 Å². The fourth-order valence-electron chi connectivity index (χ4n) is 2.89. The van der Waals surface area contributed by atoms with Gasteiger partial charge in [0.25, 0.3) is 11.5 Å². The van der Waals surface area contributed by atoms with Crippen molar-refractivity contribution in [2.45, 2.75) is 19.0 Å². The van der Waals surface area contributed by atoms with E-state index in [1.807, 2.05) is 18.2 Å². The fraction of sp³-hybridized carbons (Fsp3) is 0.333. The zero-order chi connectivity index (χ0) is 16.2. The number of nitrogens with zero attached hydrogens (tertiary/aromatic N) is 2. The summed E-state index contributed by atoms with van der Waals surface area (Å²) >= 11 is 0. The van der Waals surface area contributed by atoms with Gasteiger partial charge in [0.2, 0.25) is 0 Å². The molecule has 1 unspecified atom stereocenters. The van der Waals surface area contributed by atoms with Crippen LogP contribution in [0.15, 0.2) is 53.5 Å². The molecular formula is C18H21N3O2. The van der Waals surface area contributed by atoms with Crippen LogP contribution in [0.1, 0.15) is 22.3 Å². The first-order chi connectivity index (χ1) is 11.1. The summed E-state index contributed by atoms with van der Waals surface area (Å²) in [5, 5.41) is 3.03. The van der Waals surface area contributed by atoms with E-state index in [-0.39, 0.29) is 17.5 Å². The molecule has 120 valence electrons. The normalized spacial score (nSPS) is 18.0. The van der Waals surface area contributed by atoms with Gasteiger partial charge in [-0.15, -0.1) is 0 Å². The third-order valence-electron chi connectivity index (χ3n) is 4.22. The highest BCUT2D eigenvalue weighted by Gasteiger charge is 2.24. The number of hydrogen-bond acceptors (Lipinski definition) is 3. The van der Waals surface area contributed by atoms with E-state index in [0.717, 1.165) is 26.1 Å². The van der Waals surface area contributed by atoms with E-state index in [2.05, 4.69) is 22.3 Å². The Kier molecular flexibility index (Phi) is 4.57. The molecule has 23 heavy (non-hydrogen) atoms. The SMILES string of the molecule is Cn1ccc(C(=O)NC2CCN(Cc3ccccc3)C2)cc1=O. The Bertz CT molecular complexity index is 739. The first kappa shape index (κ1) is 15.5. The molecule has 1 aliphatic rings. The number of likely N-dealkylation sites (tertiary alicyclic amines) is 1. The second kappa shape index (κ2) is 6.79. The molecule has 5 nitrogen and oxygen atoms in total. The minimum atomic E-state index is -0.172. The fourth-order valence-corrected chi connectivity index (χ4v) is 2.89. The molecular weight excluding hydrogens is 290 g/mol. The van der Waals surface area contributed by atoms with Gasteiger partial charge >= 0.3 is 0 Å². The van der Waals surface area contributed by atoms with Crippen LogP contribution in [0.2, 0.25) is 0 Å². The predicted molar refractivity (Wildman–Crippen MR) is 89.3 cm³/mol. The van der Waals surface area contributed by atoms with Crippen LogP contribution in [0.5, 0.6) is 0 Å². The molecule has 1 atom stereocenters. The van der Waals surface area contributed by atoms with E-state index in [1.54, 1.807) is 19.3 Å². The predicted octanol–water partition coefficient (Wildman–Crippen LogP) is 1.39. The minimum Gasteiger partial charge on any atom is -0.348 e. The number of rotatable bonds is 4. The molecule has 1 amide bonds. The second-order valence-corrected chi connectivity index (χ2v) is 6.04. The van der Waals surface area contributed by atoms with Crippen LogP contribution < -0.4 is 10.9 Å². The van der Waals surface area contributed by atoms with Crippen LogP contribution in [-0.2, 0) is 13.6 Å². The molecule has 2 heterocycles. The molecule has 1 fully saturated rings. The van der Waals surface area contributed by atoms with E-state index in [1.165, 1.54) is 16.2 Å². The molecule has 1 N–H and O–H groups in total. The van der Waals surface area contributed by atoms with Crippen molar-refractivity contribution in [2.24, 2.45) is 7.05 Å². The maximum atomic E-state index is 12.3. The Morgan fingerprint density at radius 1 is 1.26 bits per heavy atom. The van der Waals surface area contributed by atoms with Crippen LogP contribution in [-0.4, -0.2) is 34.5 Å². The van der Waals surface area contributed by atoms with Gasteiger partial charge in [0.05, 0.1) is 0 Å². The highest BCUT2D eigenvalue weighted by molar-refractivity contribution is 5.94. The van der Waals surface area contributed by atoms with E-state index in [0.29, 0.717) is 5.56 Å². The number of carbonyl (C=O) groups excluding carboxylic acids is 1. The number of hydrogen-bond donors (Lipinski definition) is 1. The maximum Gasteiger partial charge on any atom is 0.251 e. The van der Waals surface area contributed by atoms with Crippen molar-refractivity contribution >= 4 is 5.91 Å². The third-order valence-corrected chi connectivity index (χ3v) is 4.22. The maximum absolute atomic E-state index is 12.3. The number of nitrogens with one attached hydrogen (secondary N) is 1. The van der Waals surface area contributed by atoms with E-state index in [4.69, 9.17) is 0 Å². The number of aromatic nitrogens is 1. The average molecular weight is 311 g/mol. The summed E-state index contributed by atoms with van der Waals surface area (Å²) in [4.78, 5) is 26.2. The average Bonchev–Trinajstić information content (AvgIpc) is 2.98. The minimum absolute atomic E-state index is 0.135. The molecule has 0 bridgehead atoms. The summed E-state index contributed by atoms with van der Waals surface area (Å²) in [6, 6.07) is 13.5. The lowest BCUT2D eigenvalue weighted by Gasteiger charge is -2.17. The van der Waals surface area contributed by atoms with Gasteiger partial charge in [0.1, 0.15) is 0 Å². The summed E-state index contributed by atoms with van der Waals surface area (Å²) in [5.74, 6) is -0.172. The monoisotopic (exact) mass is 311 g/mol. The molecule has 0 saturated carbocycles. The van der Waals surface area contributed by atoms with Gasteiger partial charge in [-0.2, -0.15) is 0 Å². The molecule has 0 radical (unpaired) electrons. The molecule has 3 rings (SSSR count). The van der Waals surface area contributed by atoms with Crippen LogP contribution >= 0.6 is 0 Å². The molecule has 0 aliphatic carbocycles. The first-order valence-electron chi connectivity index (χ1n) is 7.85. The zero-order valence-corrected chi connectivity index (χ0v) is 13.2. The van der Waals surface area contributed by atoms with Crippen LogP contribution in [0.25, 0.3) is 0 Å². The lowest BCUT2D eigenvalue weighted by atomic mass is 10.2. The van der Waals surface area contributed by atoms with Crippen molar-refractivity contribution in [3.05, 3.63) is 70.1 Å². The van der Waals surface area contributed by atoms with Crippen molar-refractivity contribution in [1.29, 1.82) is 0 Å². The summed E-state index contributed by atoms with van der Waals surface area (Å²) in [7, 11) is 1.67. The number of pyridine rings is 1. The summed E-state index contributed by atoms with van der Waals surface area (Å²) in [5.41, 5.74) is 1.54. The molecule has 1 aliphatic heterocycles. The van der Waals surface area contributed by atoms with E-state index < -0.39 is 0 Å². The molecule has 5 heteroatoms. The van der Waals surface area contributed by atoms with Gasteiger partial charge < -0.3 is 9.88 Å². The third kappa shape index (κ3) is 3.87. The van der Waals surface area contributed by atoms with Crippen molar-refractivity contribution in [1.82, 2.24) is 14.8 Å². The lowest BCUT2D eigenvalue weighted by molar-refractivity contribution is 0.0937. The highest BCUT2D eigenvalue weighted by atomic mass is 16.2. The summed E-state index contributed by atoms with van der Waals surface area (Å²) < 4.78 is 1.45. The Hall–Kier alpha value is -2.40. The summed E-state index contributed by atoms with van der Waals surface area (Å²) in [6.07, 6.45) is 2.55. The number of carbonyl (C=O) groups is 1. The largest absolute Gasteiger partial charge is 0.348 e. The second-order valence-electron chi connectivity index (χ2n) is 6.04. The Balaban J connectivity index is 1.56. The number of aryl methyl sites for hydroxylation is 1. The summed E-state index contributed by atoms with van der Waals surface area (Å²) in [6.45, 7) is 2.71. The van der Waals surface area contributed by atoms with Gasteiger partial charge in [-0.1, -0.05) is 30.3 Å². The highest BCUT2D eigenvalue weighted by Crippen LogP contribution is 2.13. The molecule has 2 aromatic rings. The number of benzene rings is 1. The van der Waals surface area contributed by atoms with Crippen LogP contribution in [0.4, 0.5) is 0 Å². The first-order valence-corrected chi connectivity index (χ1v) is 7.85. The lowest BCUT2D eigenvalue weighted by Crippen LogP contribution is -2.37. The van der Waals surface area contributed by atoms with Crippen molar-refractivity contribution in [3.63, 3.8) is 0 Å². The van der Waals surface area contributed by atoms with Crippen LogP contribution in [0.3, 0.4) is 0 Å². The van der Waals surface area contributed by atoms with Gasteiger partial charge in [0.15, 0.2) is 0 Å². The molecule has 0 spiro atoms. The van der Waals surface area contributed by atoms with Gasteiger partial charge in [-0.3, -0.25) is 14.5 Å². The zero-order valence-electron chi connectivity index (χ0n) is 13.2. The standard InChI is InChI=1S/C18H21N3O2/c1-20-9-7-15(11-17(20)22)18(23)19-16-8-10-21(13-16)12-14-5-3-2-4-6-14/h2-7,9,11,16H,8,10,12-13H2,1H3,(H,19,23). The molecule has 1 aromatic heterocycles. The molecule has 1 aromatic carbocycles. The Labute approximate surface area is 135 Å². The van der Waals surface area contributed by atoms with Crippen molar-refractivity contribution in [2.75, 3.05) is 13.1 Å². The Morgan fingerprint density at radius 3 is 2.78 bits per heavy atom. The van der Waals surface area contributed by atoms with Crippen LogP contribution in [0, 0.1) is 0 Å². The smallest absolute Gasteiger partial charge is 0.251 e. The number of amides is 1. The van der Waals surface area contributed by atoms with E-state index >= 15 is 0 Å². The van der Waals surface area contributed by atoms with Crippen molar-refractivity contribution in [3.8, 4) is 0 Å². The van der Waals surface area contributed by atoms with Gasteiger partial charge in [-0.05, 0) is 18.1 Å². The Morgan fingerprint density at radius 2 is 2.04 bits per heavy atom. The topological polar surface area (TPSA) is 54.3 Å². The van der Waals surface area contributed by atoms with Gasteiger partial charge in [0, 0.05) is 50.6 Å². The van der Waals surface area contributed by atoms with Crippen molar-refractivity contribution < 1.29 is 4.79 Å². The van der Waals surface area contributed by atoms with E-state index in [9.17, 15) is 9.59 Å². The quantitative estimate of drug-likeness (QED) is 0.928.